The standard InChI is InChI=1S/C59H114O6S/c1-4-7-10-13-16-19-22-25-26-27-28-29-30-31-34-37-40-43-46-49-52-66-55-59(62)65-56(53-63-57(60)50-47-44-41-38-35-32-23-20-17-14-11-8-5-2)54-64-58(61)51-48-45-42-39-36-33-24-21-18-15-12-9-6-3/h56H,4-55H2,1-3H3. The highest BCUT2D eigenvalue weighted by molar-refractivity contribution is 7.99. The van der Waals surface area contributed by atoms with Gasteiger partial charge in [-0.15, -0.1) is 0 Å². The van der Waals surface area contributed by atoms with Crippen LogP contribution in [-0.2, 0) is 28.6 Å². The van der Waals surface area contributed by atoms with Crippen molar-refractivity contribution in [2.45, 2.75) is 335 Å². The molecule has 0 bridgehead atoms. The summed E-state index contributed by atoms with van der Waals surface area (Å²) in [6.45, 7) is 6.69. The lowest BCUT2D eigenvalue weighted by atomic mass is 10.0. The Morgan fingerprint density at radius 3 is 0.788 bits per heavy atom. The van der Waals surface area contributed by atoms with Crippen molar-refractivity contribution in [2.24, 2.45) is 0 Å². The zero-order valence-corrected chi connectivity index (χ0v) is 45.5. The van der Waals surface area contributed by atoms with Crippen LogP contribution in [0, 0.1) is 0 Å². The van der Waals surface area contributed by atoms with E-state index in [1.54, 1.807) is 11.8 Å². The predicted octanol–water partition coefficient (Wildman–Crippen LogP) is 19.5. The van der Waals surface area contributed by atoms with Gasteiger partial charge in [-0.2, -0.15) is 11.8 Å². The lowest BCUT2D eigenvalue weighted by molar-refractivity contribution is -0.165. The van der Waals surface area contributed by atoms with Crippen LogP contribution in [0.3, 0.4) is 0 Å². The minimum absolute atomic E-state index is 0.0704. The topological polar surface area (TPSA) is 78.9 Å². The Morgan fingerprint density at radius 1 is 0.303 bits per heavy atom. The van der Waals surface area contributed by atoms with Crippen molar-refractivity contribution in [3.05, 3.63) is 0 Å². The van der Waals surface area contributed by atoms with E-state index >= 15 is 0 Å². The third kappa shape index (κ3) is 53.7. The summed E-state index contributed by atoms with van der Waals surface area (Å²) in [6.07, 6.45) is 60.1. The van der Waals surface area contributed by atoms with Gasteiger partial charge in [-0.25, -0.2) is 0 Å². The molecule has 0 saturated carbocycles. The molecule has 0 radical (unpaired) electrons. The highest BCUT2D eigenvalue weighted by atomic mass is 32.2. The molecule has 0 saturated heterocycles. The maximum Gasteiger partial charge on any atom is 0.316 e. The number of rotatable bonds is 56. The number of hydrogen-bond acceptors (Lipinski definition) is 7. The minimum Gasteiger partial charge on any atom is -0.462 e. The summed E-state index contributed by atoms with van der Waals surface area (Å²) < 4.78 is 16.9. The van der Waals surface area contributed by atoms with E-state index in [2.05, 4.69) is 20.8 Å². The van der Waals surface area contributed by atoms with Gasteiger partial charge in [-0.05, 0) is 25.0 Å². The number of hydrogen-bond donors (Lipinski definition) is 0. The third-order valence-corrected chi connectivity index (χ3v) is 14.5. The SMILES string of the molecule is CCCCCCCCCCCCCCCCCCCCCCSCC(=O)OC(COC(=O)CCCCCCCCCCCCCCC)COC(=O)CCCCCCCCCCCCCCC. The smallest absolute Gasteiger partial charge is 0.316 e. The normalized spacial score (nSPS) is 11.5. The second-order valence-electron chi connectivity index (χ2n) is 20.2. The highest BCUT2D eigenvalue weighted by Gasteiger charge is 2.20. The fourth-order valence-corrected chi connectivity index (χ4v) is 9.83. The zero-order chi connectivity index (χ0) is 47.9. The second-order valence-corrected chi connectivity index (χ2v) is 21.3. The lowest BCUT2D eigenvalue weighted by Gasteiger charge is -2.18. The molecule has 0 spiro atoms. The van der Waals surface area contributed by atoms with Gasteiger partial charge in [0, 0.05) is 12.8 Å². The Morgan fingerprint density at radius 2 is 0.530 bits per heavy atom. The van der Waals surface area contributed by atoms with Crippen molar-refractivity contribution in [3.63, 3.8) is 0 Å². The van der Waals surface area contributed by atoms with Gasteiger partial charge in [0.1, 0.15) is 13.2 Å². The van der Waals surface area contributed by atoms with Crippen molar-refractivity contribution in [3.8, 4) is 0 Å². The fourth-order valence-electron chi connectivity index (χ4n) is 9.04. The molecule has 0 aliphatic carbocycles. The Balaban J connectivity index is 4.22. The van der Waals surface area contributed by atoms with Crippen LogP contribution in [0.2, 0.25) is 0 Å². The molecule has 0 amide bonds. The van der Waals surface area contributed by atoms with Gasteiger partial charge < -0.3 is 14.2 Å². The van der Waals surface area contributed by atoms with E-state index in [9.17, 15) is 14.4 Å². The summed E-state index contributed by atoms with van der Waals surface area (Å²) in [5.74, 6) is 0.312. The van der Waals surface area contributed by atoms with E-state index in [0.29, 0.717) is 12.8 Å². The van der Waals surface area contributed by atoms with Crippen LogP contribution in [0.15, 0.2) is 0 Å². The summed E-state index contributed by atoms with van der Waals surface area (Å²) in [7, 11) is 0. The Bertz CT molecular complexity index is 943. The molecule has 0 aliphatic heterocycles. The van der Waals surface area contributed by atoms with Crippen molar-refractivity contribution in [1.82, 2.24) is 0 Å². The van der Waals surface area contributed by atoms with Crippen LogP contribution >= 0.6 is 11.8 Å². The van der Waals surface area contributed by atoms with Crippen molar-refractivity contribution in [2.75, 3.05) is 24.7 Å². The van der Waals surface area contributed by atoms with Crippen molar-refractivity contribution < 1.29 is 28.6 Å². The van der Waals surface area contributed by atoms with Gasteiger partial charge in [0.15, 0.2) is 6.10 Å². The fraction of sp³-hybridized carbons (Fsp3) is 0.949. The quantitative estimate of drug-likeness (QED) is 0.0341. The summed E-state index contributed by atoms with van der Waals surface area (Å²) in [6, 6.07) is 0. The maximum atomic E-state index is 12.8. The molecule has 0 unspecified atom stereocenters. The first kappa shape index (κ1) is 64.8. The average molecular weight is 952 g/mol. The first-order valence-corrected chi connectivity index (χ1v) is 30.8. The molecule has 6 nitrogen and oxygen atoms in total. The van der Waals surface area contributed by atoms with E-state index in [4.69, 9.17) is 14.2 Å². The highest BCUT2D eigenvalue weighted by Crippen LogP contribution is 2.18. The number of unbranched alkanes of at least 4 members (excludes halogenated alkanes) is 43. The van der Waals surface area contributed by atoms with Gasteiger partial charge >= 0.3 is 17.9 Å². The van der Waals surface area contributed by atoms with Gasteiger partial charge in [0.05, 0.1) is 5.75 Å². The lowest BCUT2D eigenvalue weighted by Crippen LogP contribution is -2.31. The van der Waals surface area contributed by atoms with Crippen molar-refractivity contribution in [1.29, 1.82) is 0 Å². The van der Waals surface area contributed by atoms with Gasteiger partial charge in [-0.3, -0.25) is 14.4 Å². The molecule has 0 aromatic heterocycles. The number of thioether (sulfide) groups is 1. The molecule has 0 aliphatic rings. The molecule has 392 valence electrons. The molecule has 0 atom stereocenters. The Hall–Kier alpha value is -1.24. The second kappa shape index (κ2) is 56.3. The largest absolute Gasteiger partial charge is 0.462 e. The van der Waals surface area contributed by atoms with E-state index < -0.39 is 6.10 Å². The van der Waals surface area contributed by atoms with E-state index in [-0.39, 0.29) is 36.9 Å². The summed E-state index contributed by atoms with van der Waals surface area (Å²) in [5, 5.41) is 0. The van der Waals surface area contributed by atoms with Gasteiger partial charge in [0.25, 0.3) is 0 Å². The molecule has 7 heteroatoms. The Kier molecular flexibility index (Phi) is 55.3. The van der Waals surface area contributed by atoms with Crippen LogP contribution in [0.5, 0.6) is 0 Å². The van der Waals surface area contributed by atoms with Crippen LogP contribution in [0.1, 0.15) is 329 Å². The van der Waals surface area contributed by atoms with Crippen LogP contribution < -0.4 is 0 Å². The third-order valence-electron chi connectivity index (χ3n) is 13.5. The molecule has 0 rings (SSSR count). The number of ether oxygens (including phenoxy) is 3. The molecular weight excluding hydrogens is 837 g/mol. The summed E-state index contributed by atoms with van der Waals surface area (Å²) >= 11 is 1.60. The zero-order valence-electron chi connectivity index (χ0n) is 44.7. The van der Waals surface area contributed by atoms with Crippen molar-refractivity contribution >= 4 is 29.7 Å². The van der Waals surface area contributed by atoms with Crippen LogP contribution in [-0.4, -0.2) is 48.7 Å². The maximum absolute atomic E-state index is 12.8. The number of esters is 3. The molecule has 0 aromatic carbocycles. The minimum atomic E-state index is -0.774. The first-order chi connectivity index (χ1) is 32.5. The van der Waals surface area contributed by atoms with E-state index in [1.807, 2.05) is 0 Å². The average Bonchev–Trinajstić information content (AvgIpc) is 3.31. The Labute approximate surface area is 416 Å². The monoisotopic (exact) mass is 951 g/mol. The molecule has 66 heavy (non-hydrogen) atoms. The van der Waals surface area contributed by atoms with E-state index in [1.165, 1.54) is 250 Å². The molecule has 0 N–H and O–H groups in total. The molecule has 0 fully saturated rings. The van der Waals surface area contributed by atoms with Gasteiger partial charge in [-0.1, -0.05) is 297 Å². The number of carbonyl (C=O) groups excluding carboxylic acids is 3. The van der Waals surface area contributed by atoms with Gasteiger partial charge in [0.2, 0.25) is 0 Å². The predicted molar refractivity (Wildman–Crippen MR) is 288 cm³/mol. The molecular formula is C59H114O6S. The summed E-state index contributed by atoms with van der Waals surface area (Å²) in [5.41, 5.74) is 0. The first-order valence-electron chi connectivity index (χ1n) is 29.6. The van der Waals surface area contributed by atoms with E-state index in [0.717, 1.165) is 50.7 Å². The number of carbonyl (C=O) groups is 3. The molecule has 0 aromatic rings. The molecule has 0 heterocycles. The van der Waals surface area contributed by atoms with Crippen LogP contribution in [0.25, 0.3) is 0 Å². The van der Waals surface area contributed by atoms with Crippen LogP contribution in [0.4, 0.5) is 0 Å². The summed E-state index contributed by atoms with van der Waals surface area (Å²) in [4.78, 5) is 38.1.